The van der Waals surface area contributed by atoms with E-state index in [0.29, 0.717) is 24.3 Å². The molecule has 0 unspecified atom stereocenters. The third kappa shape index (κ3) is 2.89. The Bertz CT molecular complexity index is 1040. The van der Waals surface area contributed by atoms with Gasteiger partial charge in [0.2, 0.25) is 0 Å². The second-order valence-corrected chi connectivity index (χ2v) is 6.71. The molecular formula is C19H17ClF2N4O2. The lowest BCUT2D eigenvalue weighted by molar-refractivity contribution is 0.392. The molecule has 0 amide bonds. The van der Waals surface area contributed by atoms with Gasteiger partial charge < -0.3 is 20.1 Å². The van der Waals surface area contributed by atoms with Gasteiger partial charge in [-0.1, -0.05) is 17.7 Å². The number of ether oxygens (including phenoxy) is 1. The van der Waals surface area contributed by atoms with E-state index in [1.807, 2.05) is 4.90 Å². The molecule has 0 radical (unpaired) electrons. The predicted octanol–water partition coefficient (Wildman–Crippen LogP) is 3.35. The molecule has 2 aromatic carbocycles. The molecular weight excluding hydrogens is 390 g/mol. The monoisotopic (exact) mass is 406 g/mol. The van der Waals surface area contributed by atoms with Gasteiger partial charge in [0.05, 0.1) is 28.6 Å². The number of aromatic nitrogens is 2. The molecule has 0 aliphatic carbocycles. The number of nitrogens with zero attached hydrogens (tertiary/aromatic N) is 3. The molecule has 0 spiro atoms. The number of phenols is 1. The Morgan fingerprint density at radius 3 is 2.61 bits per heavy atom. The first-order valence-electron chi connectivity index (χ1n) is 8.67. The van der Waals surface area contributed by atoms with Gasteiger partial charge in [-0.05, 0) is 12.1 Å². The van der Waals surface area contributed by atoms with Crippen LogP contribution in [0.4, 0.5) is 14.6 Å². The van der Waals surface area contributed by atoms with E-state index < -0.39 is 17.4 Å². The number of benzene rings is 2. The zero-order valence-corrected chi connectivity index (χ0v) is 15.7. The summed E-state index contributed by atoms with van der Waals surface area (Å²) in [5.74, 6) is -1.77. The summed E-state index contributed by atoms with van der Waals surface area (Å²) in [7, 11) is 1.31. The van der Waals surface area contributed by atoms with Gasteiger partial charge in [-0.2, -0.15) is 0 Å². The number of anilines is 1. The number of nitrogens with one attached hydrogen (secondary N) is 1. The topological polar surface area (TPSA) is 70.5 Å². The Kier molecular flexibility index (Phi) is 4.91. The number of hydrogen-bond donors (Lipinski definition) is 2. The van der Waals surface area contributed by atoms with Crippen molar-refractivity contribution in [3.8, 4) is 22.6 Å². The molecule has 4 rings (SSSR count). The molecule has 0 atom stereocenters. The van der Waals surface area contributed by atoms with Crippen molar-refractivity contribution in [2.24, 2.45) is 0 Å². The van der Waals surface area contributed by atoms with Crippen molar-refractivity contribution in [3.63, 3.8) is 0 Å². The molecule has 0 bridgehead atoms. The Labute approximate surface area is 164 Å². The third-order valence-corrected chi connectivity index (χ3v) is 5.13. The van der Waals surface area contributed by atoms with Gasteiger partial charge in [-0.15, -0.1) is 0 Å². The van der Waals surface area contributed by atoms with Crippen molar-refractivity contribution in [1.29, 1.82) is 0 Å². The van der Waals surface area contributed by atoms with Crippen LogP contribution in [-0.4, -0.2) is 48.4 Å². The fourth-order valence-corrected chi connectivity index (χ4v) is 3.80. The van der Waals surface area contributed by atoms with E-state index in [9.17, 15) is 9.50 Å². The Hall–Kier alpha value is -2.71. The minimum Gasteiger partial charge on any atom is -0.507 e. The van der Waals surface area contributed by atoms with Crippen molar-refractivity contribution in [3.05, 3.63) is 41.2 Å². The van der Waals surface area contributed by atoms with Gasteiger partial charge in [-0.25, -0.2) is 18.7 Å². The zero-order valence-electron chi connectivity index (χ0n) is 15.0. The van der Waals surface area contributed by atoms with E-state index >= 15 is 4.39 Å². The Morgan fingerprint density at radius 2 is 1.93 bits per heavy atom. The molecule has 6 nitrogen and oxygen atoms in total. The summed E-state index contributed by atoms with van der Waals surface area (Å²) in [5, 5.41) is 13.6. The van der Waals surface area contributed by atoms with E-state index in [0.717, 1.165) is 19.2 Å². The lowest BCUT2D eigenvalue weighted by Gasteiger charge is -2.29. The number of fused-ring (bicyclic) bond motifs is 1. The summed E-state index contributed by atoms with van der Waals surface area (Å²) in [6, 6.07) is 3.70. The van der Waals surface area contributed by atoms with Crippen LogP contribution in [0.5, 0.6) is 11.5 Å². The van der Waals surface area contributed by atoms with E-state index in [2.05, 4.69) is 15.3 Å². The van der Waals surface area contributed by atoms with E-state index in [4.69, 9.17) is 16.3 Å². The molecule has 1 saturated heterocycles. The molecule has 9 heteroatoms. The highest BCUT2D eigenvalue weighted by Crippen LogP contribution is 2.47. The highest BCUT2D eigenvalue weighted by atomic mass is 35.5. The maximum Gasteiger partial charge on any atom is 0.175 e. The van der Waals surface area contributed by atoms with Crippen LogP contribution in [0.15, 0.2) is 24.5 Å². The number of halogens is 3. The summed E-state index contributed by atoms with van der Waals surface area (Å²) in [4.78, 5) is 10.5. The van der Waals surface area contributed by atoms with Crippen LogP contribution in [0.25, 0.3) is 22.0 Å². The van der Waals surface area contributed by atoms with Crippen molar-refractivity contribution in [2.75, 3.05) is 38.2 Å². The summed E-state index contributed by atoms with van der Waals surface area (Å²) < 4.78 is 35.2. The first-order valence-corrected chi connectivity index (χ1v) is 9.05. The number of rotatable bonds is 3. The molecule has 1 fully saturated rings. The lowest BCUT2D eigenvalue weighted by atomic mass is 10.00. The first-order chi connectivity index (χ1) is 13.5. The van der Waals surface area contributed by atoms with Gasteiger partial charge in [0.15, 0.2) is 11.6 Å². The largest absolute Gasteiger partial charge is 0.507 e. The Morgan fingerprint density at radius 1 is 1.18 bits per heavy atom. The van der Waals surface area contributed by atoms with Crippen molar-refractivity contribution in [2.45, 2.75) is 0 Å². The molecule has 2 heterocycles. The van der Waals surface area contributed by atoms with Crippen LogP contribution in [0.2, 0.25) is 5.02 Å². The SMILES string of the molecule is COc1c(F)c(-c2c(O)cccc2F)c(Cl)c2ncnc(N3CCNCC3)c12. The van der Waals surface area contributed by atoms with Crippen molar-refractivity contribution in [1.82, 2.24) is 15.3 Å². The highest BCUT2D eigenvalue weighted by Gasteiger charge is 2.29. The number of methoxy groups -OCH3 is 1. The van der Waals surface area contributed by atoms with Gasteiger partial charge >= 0.3 is 0 Å². The predicted molar refractivity (Wildman–Crippen MR) is 103 cm³/mol. The van der Waals surface area contributed by atoms with Crippen LogP contribution in [0.1, 0.15) is 0 Å². The van der Waals surface area contributed by atoms with E-state index in [-0.39, 0.29) is 27.4 Å². The molecule has 1 aromatic heterocycles. The average Bonchev–Trinajstić information content (AvgIpc) is 2.71. The van der Waals surface area contributed by atoms with Crippen molar-refractivity contribution < 1.29 is 18.6 Å². The molecule has 0 saturated carbocycles. The van der Waals surface area contributed by atoms with Crippen LogP contribution < -0.4 is 15.0 Å². The van der Waals surface area contributed by atoms with Gasteiger partial charge in [0.25, 0.3) is 0 Å². The van der Waals surface area contributed by atoms with Crippen LogP contribution in [-0.2, 0) is 0 Å². The lowest BCUT2D eigenvalue weighted by Crippen LogP contribution is -2.44. The summed E-state index contributed by atoms with van der Waals surface area (Å²) in [6.45, 7) is 2.85. The number of phenolic OH excluding ortho intramolecular Hbond substituents is 1. The average molecular weight is 407 g/mol. The maximum atomic E-state index is 15.5. The van der Waals surface area contributed by atoms with Gasteiger partial charge in [0.1, 0.15) is 23.7 Å². The van der Waals surface area contributed by atoms with Crippen LogP contribution in [0, 0.1) is 11.6 Å². The smallest absolute Gasteiger partial charge is 0.175 e. The second-order valence-electron chi connectivity index (χ2n) is 6.33. The Balaban J connectivity index is 2.06. The van der Waals surface area contributed by atoms with Gasteiger partial charge in [-0.3, -0.25) is 0 Å². The number of piperazine rings is 1. The van der Waals surface area contributed by atoms with Crippen LogP contribution >= 0.6 is 11.6 Å². The van der Waals surface area contributed by atoms with E-state index in [1.54, 1.807) is 0 Å². The molecule has 1 aliphatic heterocycles. The van der Waals surface area contributed by atoms with Crippen LogP contribution in [0.3, 0.4) is 0 Å². The van der Waals surface area contributed by atoms with Gasteiger partial charge in [0, 0.05) is 31.7 Å². The first kappa shape index (κ1) is 18.6. The normalized spacial score (nSPS) is 14.5. The molecule has 28 heavy (non-hydrogen) atoms. The fraction of sp³-hybridized carbons (Fsp3) is 0.263. The number of hydrogen-bond acceptors (Lipinski definition) is 6. The second kappa shape index (κ2) is 7.37. The molecule has 2 N–H and O–H groups in total. The maximum absolute atomic E-state index is 15.5. The molecule has 1 aliphatic rings. The third-order valence-electron chi connectivity index (χ3n) is 4.76. The molecule has 3 aromatic rings. The fourth-order valence-electron chi connectivity index (χ4n) is 3.48. The zero-order chi connectivity index (χ0) is 19.8. The molecule has 146 valence electrons. The number of aromatic hydroxyl groups is 1. The quantitative estimate of drug-likeness (QED) is 0.695. The van der Waals surface area contributed by atoms with E-state index in [1.165, 1.54) is 25.6 Å². The summed E-state index contributed by atoms with van der Waals surface area (Å²) in [6.07, 6.45) is 1.33. The summed E-state index contributed by atoms with van der Waals surface area (Å²) >= 11 is 6.47. The summed E-state index contributed by atoms with van der Waals surface area (Å²) in [5.41, 5.74) is -0.416. The minimum absolute atomic E-state index is 0.118. The minimum atomic E-state index is -0.883. The highest BCUT2D eigenvalue weighted by molar-refractivity contribution is 6.38. The van der Waals surface area contributed by atoms with Crippen molar-refractivity contribution >= 4 is 28.3 Å². The standard InChI is InChI=1S/C19H17ClF2N4O2/c1-28-18-14-17(24-9-25-19(14)26-7-5-23-6-8-26)15(20)13(16(18)22)12-10(21)3-2-4-11(12)27/h2-4,9,23,27H,5-8H2,1H3.